The number of sulfone groups is 1. The maximum absolute atomic E-state index is 11.7. The van der Waals surface area contributed by atoms with Crippen molar-refractivity contribution in [2.45, 2.75) is 18.7 Å². The van der Waals surface area contributed by atoms with Crippen molar-refractivity contribution in [2.24, 2.45) is 0 Å². The summed E-state index contributed by atoms with van der Waals surface area (Å²) in [5, 5.41) is 13.7. The first kappa shape index (κ1) is 19.6. The quantitative estimate of drug-likeness (QED) is 0.637. The standard InChI is InChI=1S/C21H22N4O2S/c1-4-24(5-2)18-8-10-19(11-9-18)25-21(14-17(15-22)23-25)16-6-12-20(13-7-16)28(3,26)27/h6-14H,4-5H2,1-3H3. The van der Waals surface area contributed by atoms with Crippen molar-refractivity contribution < 1.29 is 8.42 Å². The van der Waals surface area contributed by atoms with Gasteiger partial charge >= 0.3 is 0 Å². The largest absolute Gasteiger partial charge is 0.372 e. The van der Waals surface area contributed by atoms with Crippen LogP contribution in [0.5, 0.6) is 0 Å². The van der Waals surface area contributed by atoms with E-state index in [1.54, 1.807) is 35.0 Å². The zero-order valence-corrected chi connectivity index (χ0v) is 16.9. The van der Waals surface area contributed by atoms with Gasteiger partial charge in [-0.05, 0) is 50.2 Å². The predicted octanol–water partition coefficient (Wildman–Crippen LogP) is 3.66. The summed E-state index contributed by atoms with van der Waals surface area (Å²) < 4.78 is 25.1. The monoisotopic (exact) mass is 394 g/mol. The lowest BCUT2D eigenvalue weighted by Gasteiger charge is -2.21. The fourth-order valence-electron chi connectivity index (χ4n) is 3.10. The van der Waals surface area contributed by atoms with Crippen LogP contribution < -0.4 is 4.90 Å². The lowest BCUT2D eigenvalue weighted by Crippen LogP contribution is -2.21. The second kappa shape index (κ2) is 7.87. The molecule has 144 valence electrons. The first-order valence-electron chi connectivity index (χ1n) is 9.03. The summed E-state index contributed by atoms with van der Waals surface area (Å²) in [6.07, 6.45) is 1.18. The van der Waals surface area contributed by atoms with Gasteiger partial charge in [0.25, 0.3) is 0 Å². The van der Waals surface area contributed by atoms with Gasteiger partial charge in [0.05, 0.1) is 16.3 Å². The highest BCUT2D eigenvalue weighted by Gasteiger charge is 2.14. The topological polar surface area (TPSA) is 79.0 Å². The zero-order valence-electron chi connectivity index (χ0n) is 16.1. The minimum atomic E-state index is -3.26. The molecule has 0 amide bonds. The van der Waals surface area contributed by atoms with Crippen LogP contribution in [-0.2, 0) is 9.84 Å². The highest BCUT2D eigenvalue weighted by Crippen LogP contribution is 2.26. The Hall–Kier alpha value is -3.11. The molecule has 0 saturated heterocycles. The van der Waals surface area contributed by atoms with Gasteiger partial charge in [-0.25, -0.2) is 13.1 Å². The summed E-state index contributed by atoms with van der Waals surface area (Å²) in [6, 6.07) is 18.4. The maximum Gasteiger partial charge on any atom is 0.175 e. The predicted molar refractivity (Wildman–Crippen MR) is 110 cm³/mol. The molecular weight excluding hydrogens is 372 g/mol. The molecule has 3 rings (SSSR count). The number of aromatic nitrogens is 2. The van der Waals surface area contributed by atoms with Crippen molar-refractivity contribution in [3.63, 3.8) is 0 Å². The summed E-state index contributed by atoms with van der Waals surface area (Å²) in [5.74, 6) is 0. The van der Waals surface area contributed by atoms with E-state index in [1.807, 2.05) is 24.3 Å². The molecule has 0 unspecified atom stereocenters. The third kappa shape index (κ3) is 3.92. The van der Waals surface area contributed by atoms with E-state index in [1.165, 1.54) is 6.26 Å². The van der Waals surface area contributed by atoms with E-state index in [0.29, 0.717) is 5.69 Å². The Labute approximate surface area is 165 Å². The van der Waals surface area contributed by atoms with Crippen LogP contribution in [0.4, 0.5) is 5.69 Å². The molecular formula is C21H22N4O2S. The highest BCUT2D eigenvalue weighted by molar-refractivity contribution is 7.90. The lowest BCUT2D eigenvalue weighted by atomic mass is 10.1. The van der Waals surface area contributed by atoms with Crippen molar-refractivity contribution in [2.75, 3.05) is 24.2 Å². The molecule has 0 aliphatic carbocycles. The SMILES string of the molecule is CCN(CC)c1ccc(-n2nc(C#N)cc2-c2ccc(S(C)(=O)=O)cc2)cc1. The lowest BCUT2D eigenvalue weighted by molar-refractivity contribution is 0.602. The summed E-state index contributed by atoms with van der Waals surface area (Å²) in [5.41, 5.74) is 3.77. The molecule has 0 fully saturated rings. The van der Waals surface area contributed by atoms with Gasteiger partial charge in [0.2, 0.25) is 0 Å². The van der Waals surface area contributed by atoms with Crippen molar-refractivity contribution in [3.05, 3.63) is 60.3 Å². The maximum atomic E-state index is 11.7. The van der Waals surface area contributed by atoms with Crippen molar-refractivity contribution in [1.82, 2.24) is 9.78 Å². The molecule has 0 bridgehead atoms. The van der Waals surface area contributed by atoms with E-state index in [-0.39, 0.29) is 4.90 Å². The fourth-order valence-corrected chi connectivity index (χ4v) is 3.73. The Balaban J connectivity index is 2.04. The van der Waals surface area contributed by atoms with Crippen LogP contribution in [-0.4, -0.2) is 37.5 Å². The molecule has 0 spiro atoms. The average Bonchev–Trinajstić information content (AvgIpc) is 3.13. The van der Waals surface area contributed by atoms with Crippen LogP contribution in [0.3, 0.4) is 0 Å². The Morgan fingerprint density at radius 1 is 1.04 bits per heavy atom. The normalized spacial score (nSPS) is 11.2. The van der Waals surface area contributed by atoms with Gasteiger partial charge in [0, 0.05) is 36.7 Å². The summed E-state index contributed by atoms with van der Waals surface area (Å²) in [4.78, 5) is 2.50. The van der Waals surface area contributed by atoms with Crippen LogP contribution in [0.2, 0.25) is 0 Å². The molecule has 2 aromatic carbocycles. The highest BCUT2D eigenvalue weighted by atomic mass is 32.2. The van der Waals surface area contributed by atoms with Gasteiger partial charge in [-0.3, -0.25) is 0 Å². The smallest absolute Gasteiger partial charge is 0.175 e. The Morgan fingerprint density at radius 2 is 1.64 bits per heavy atom. The van der Waals surface area contributed by atoms with Gasteiger partial charge in [0.1, 0.15) is 6.07 Å². The van der Waals surface area contributed by atoms with E-state index in [4.69, 9.17) is 0 Å². The van der Waals surface area contributed by atoms with Crippen LogP contribution in [0, 0.1) is 11.3 Å². The molecule has 3 aromatic rings. The Morgan fingerprint density at radius 3 is 2.14 bits per heavy atom. The zero-order chi connectivity index (χ0) is 20.3. The summed E-state index contributed by atoms with van der Waals surface area (Å²) >= 11 is 0. The summed E-state index contributed by atoms with van der Waals surface area (Å²) in [6.45, 7) is 6.08. The van der Waals surface area contributed by atoms with Crippen molar-refractivity contribution in [3.8, 4) is 23.0 Å². The van der Waals surface area contributed by atoms with Crippen LogP contribution >= 0.6 is 0 Å². The minimum Gasteiger partial charge on any atom is -0.372 e. The van der Waals surface area contributed by atoms with Crippen LogP contribution in [0.1, 0.15) is 19.5 Å². The fraction of sp³-hybridized carbons (Fsp3) is 0.238. The molecule has 0 N–H and O–H groups in total. The summed E-state index contributed by atoms with van der Waals surface area (Å²) in [7, 11) is -3.26. The average molecular weight is 395 g/mol. The Bertz CT molecular complexity index is 1100. The molecule has 0 radical (unpaired) electrons. The van der Waals surface area contributed by atoms with E-state index >= 15 is 0 Å². The molecule has 0 saturated carbocycles. The van der Waals surface area contributed by atoms with Gasteiger partial charge < -0.3 is 4.90 Å². The van der Waals surface area contributed by atoms with E-state index < -0.39 is 9.84 Å². The van der Waals surface area contributed by atoms with E-state index in [2.05, 4.69) is 29.9 Å². The Kier molecular flexibility index (Phi) is 5.52. The van der Waals surface area contributed by atoms with Crippen molar-refractivity contribution >= 4 is 15.5 Å². The molecule has 7 heteroatoms. The van der Waals surface area contributed by atoms with Gasteiger partial charge in [0.15, 0.2) is 15.5 Å². The van der Waals surface area contributed by atoms with Crippen LogP contribution in [0.25, 0.3) is 16.9 Å². The second-order valence-electron chi connectivity index (χ2n) is 6.42. The van der Waals surface area contributed by atoms with E-state index in [0.717, 1.165) is 35.7 Å². The van der Waals surface area contributed by atoms with Crippen molar-refractivity contribution in [1.29, 1.82) is 5.26 Å². The number of hydrogen-bond donors (Lipinski definition) is 0. The number of benzene rings is 2. The van der Waals surface area contributed by atoms with Gasteiger partial charge in [-0.1, -0.05) is 12.1 Å². The van der Waals surface area contributed by atoms with Gasteiger partial charge in [-0.2, -0.15) is 10.4 Å². The first-order chi connectivity index (χ1) is 13.4. The molecule has 6 nitrogen and oxygen atoms in total. The number of nitriles is 1. The third-order valence-corrected chi connectivity index (χ3v) is 5.75. The minimum absolute atomic E-state index is 0.256. The molecule has 28 heavy (non-hydrogen) atoms. The van der Waals surface area contributed by atoms with E-state index in [9.17, 15) is 13.7 Å². The second-order valence-corrected chi connectivity index (χ2v) is 8.44. The van der Waals surface area contributed by atoms with Crippen LogP contribution in [0.15, 0.2) is 59.5 Å². The number of anilines is 1. The number of rotatable bonds is 6. The molecule has 1 heterocycles. The number of hydrogen-bond acceptors (Lipinski definition) is 5. The number of nitrogens with zero attached hydrogens (tertiary/aromatic N) is 4. The molecule has 1 aromatic heterocycles. The van der Waals surface area contributed by atoms with Gasteiger partial charge in [-0.15, -0.1) is 0 Å². The molecule has 0 atom stereocenters. The molecule has 0 aliphatic heterocycles. The first-order valence-corrected chi connectivity index (χ1v) is 10.9. The molecule has 0 aliphatic rings. The third-order valence-electron chi connectivity index (χ3n) is 4.63.